The molecule has 33 heavy (non-hydrogen) atoms. The van der Waals surface area contributed by atoms with E-state index in [0.29, 0.717) is 16.8 Å². The fourth-order valence-electron chi connectivity index (χ4n) is 3.62. The van der Waals surface area contributed by atoms with Crippen molar-refractivity contribution in [1.82, 2.24) is 10.6 Å². The van der Waals surface area contributed by atoms with E-state index in [2.05, 4.69) is 20.9 Å². The van der Waals surface area contributed by atoms with Crippen LogP contribution in [0.1, 0.15) is 42.1 Å². The summed E-state index contributed by atoms with van der Waals surface area (Å²) in [5.74, 6) is -1.08. The summed E-state index contributed by atoms with van der Waals surface area (Å²) in [7, 11) is 0. The molecule has 0 aromatic heterocycles. The number of esters is 1. The molecule has 8 nitrogen and oxygen atoms in total. The number of hydrogen-bond donors (Lipinski definition) is 3. The van der Waals surface area contributed by atoms with E-state index in [0.717, 1.165) is 31.6 Å². The van der Waals surface area contributed by atoms with Crippen molar-refractivity contribution in [1.29, 1.82) is 0 Å². The van der Waals surface area contributed by atoms with Crippen LogP contribution >= 0.6 is 0 Å². The van der Waals surface area contributed by atoms with Crippen molar-refractivity contribution < 1.29 is 23.5 Å². The minimum absolute atomic E-state index is 0.0722. The first kappa shape index (κ1) is 24.0. The van der Waals surface area contributed by atoms with Crippen LogP contribution in [-0.2, 0) is 16.1 Å². The summed E-state index contributed by atoms with van der Waals surface area (Å²) in [6.07, 6.45) is 2.19. The summed E-state index contributed by atoms with van der Waals surface area (Å²) >= 11 is 0. The minimum atomic E-state index is -0.475. The zero-order valence-electron chi connectivity index (χ0n) is 18.7. The van der Waals surface area contributed by atoms with Gasteiger partial charge >= 0.3 is 12.0 Å². The molecule has 0 unspecified atom stereocenters. The van der Waals surface area contributed by atoms with Crippen LogP contribution in [0, 0.1) is 5.82 Å². The average molecular weight is 457 g/mol. The van der Waals surface area contributed by atoms with Gasteiger partial charge in [0.15, 0.2) is 0 Å². The highest BCUT2D eigenvalue weighted by molar-refractivity contribution is 5.99. The molecule has 176 valence electrons. The molecule has 0 spiro atoms. The largest absolute Gasteiger partial charge is 0.466 e. The zero-order chi connectivity index (χ0) is 23.6. The smallest absolute Gasteiger partial charge is 0.319 e. The molecule has 9 heteroatoms. The molecule has 0 saturated carbocycles. The first-order valence-corrected chi connectivity index (χ1v) is 11.1. The van der Waals surface area contributed by atoms with Crippen LogP contribution in [0.4, 0.5) is 20.6 Å². The van der Waals surface area contributed by atoms with E-state index < -0.39 is 6.03 Å². The third-order valence-electron chi connectivity index (χ3n) is 5.22. The summed E-state index contributed by atoms with van der Waals surface area (Å²) in [5, 5.41) is 8.20. The van der Waals surface area contributed by atoms with Crippen LogP contribution in [0.25, 0.3) is 0 Å². The van der Waals surface area contributed by atoms with E-state index in [-0.39, 0.29) is 43.8 Å². The lowest BCUT2D eigenvalue weighted by Crippen LogP contribution is -2.32. The normalized spacial score (nSPS) is 12.8. The Balaban J connectivity index is 1.67. The van der Waals surface area contributed by atoms with Crippen LogP contribution in [0.15, 0.2) is 42.5 Å². The predicted molar refractivity (Wildman–Crippen MR) is 124 cm³/mol. The summed E-state index contributed by atoms with van der Waals surface area (Å²) < 4.78 is 18.2. The van der Waals surface area contributed by atoms with Crippen molar-refractivity contribution in [2.24, 2.45) is 0 Å². The number of benzene rings is 2. The molecule has 3 N–H and O–H groups in total. The standard InChI is InChI=1S/C24H29FN4O4/c1-2-33-22(30)10-11-26-24(32)28-20-15-18(8-9-21(20)29-12-3-4-13-29)23(31)27-16-17-6-5-7-19(25)14-17/h5-9,14-15H,2-4,10-13,16H2,1H3,(H,27,31)(H2,26,28,32). The number of halogens is 1. The molecular formula is C24H29FN4O4. The highest BCUT2D eigenvalue weighted by Crippen LogP contribution is 2.30. The SMILES string of the molecule is CCOC(=O)CCNC(=O)Nc1cc(C(=O)NCc2cccc(F)c2)ccc1N1CCCC1. The number of urea groups is 1. The van der Waals surface area contributed by atoms with Crippen molar-refractivity contribution in [3.63, 3.8) is 0 Å². The molecule has 1 heterocycles. The molecule has 3 rings (SSSR count). The Kier molecular flexibility index (Phi) is 8.63. The van der Waals surface area contributed by atoms with E-state index in [1.54, 1.807) is 31.2 Å². The molecule has 2 aromatic rings. The fraction of sp³-hybridized carbons (Fsp3) is 0.375. The number of ether oxygens (including phenoxy) is 1. The molecule has 0 aliphatic carbocycles. The summed E-state index contributed by atoms with van der Waals surface area (Å²) in [6, 6.07) is 10.7. The summed E-state index contributed by atoms with van der Waals surface area (Å²) in [4.78, 5) is 38.7. The predicted octanol–water partition coefficient (Wildman–Crippen LogP) is 3.43. The van der Waals surface area contributed by atoms with Crippen LogP contribution in [0.2, 0.25) is 0 Å². The average Bonchev–Trinajstić information content (AvgIpc) is 3.32. The lowest BCUT2D eigenvalue weighted by molar-refractivity contribution is -0.142. The number of rotatable bonds is 9. The van der Waals surface area contributed by atoms with Crippen molar-refractivity contribution in [2.75, 3.05) is 36.5 Å². The van der Waals surface area contributed by atoms with Crippen LogP contribution in [0.3, 0.4) is 0 Å². The maximum absolute atomic E-state index is 13.4. The lowest BCUT2D eigenvalue weighted by atomic mass is 10.1. The monoisotopic (exact) mass is 456 g/mol. The van der Waals surface area contributed by atoms with Crippen molar-refractivity contribution >= 4 is 29.3 Å². The minimum Gasteiger partial charge on any atom is -0.466 e. The second kappa shape index (κ2) is 11.8. The van der Waals surface area contributed by atoms with Crippen molar-refractivity contribution in [3.8, 4) is 0 Å². The first-order chi connectivity index (χ1) is 16.0. The fourth-order valence-corrected chi connectivity index (χ4v) is 3.62. The molecule has 1 saturated heterocycles. The van der Waals surface area contributed by atoms with E-state index >= 15 is 0 Å². The van der Waals surface area contributed by atoms with Gasteiger partial charge in [-0.05, 0) is 55.7 Å². The molecule has 3 amide bonds. The molecule has 0 radical (unpaired) electrons. The van der Waals surface area contributed by atoms with Gasteiger partial charge < -0.3 is 25.6 Å². The number of nitrogens with one attached hydrogen (secondary N) is 3. The van der Waals surface area contributed by atoms with Gasteiger partial charge in [0.2, 0.25) is 0 Å². The number of hydrogen-bond acceptors (Lipinski definition) is 5. The van der Waals surface area contributed by atoms with E-state index in [9.17, 15) is 18.8 Å². The van der Waals surface area contributed by atoms with E-state index in [4.69, 9.17) is 4.74 Å². The van der Waals surface area contributed by atoms with Crippen molar-refractivity contribution in [3.05, 3.63) is 59.4 Å². The van der Waals surface area contributed by atoms with E-state index in [1.165, 1.54) is 12.1 Å². The second-order valence-electron chi connectivity index (χ2n) is 7.67. The maximum Gasteiger partial charge on any atom is 0.319 e. The Labute approximate surface area is 192 Å². The van der Waals surface area contributed by atoms with Gasteiger partial charge in [0.25, 0.3) is 5.91 Å². The molecule has 2 aromatic carbocycles. The Hall–Kier alpha value is -3.62. The van der Waals surface area contributed by atoms with Crippen LogP contribution in [0.5, 0.6) is 0 Å². The third kappa shape index (κ3) is 7.20. The quantitative estimate of drug-likeness (QED) is 0.502. The van der Waals surface area contributed by atoms with Gasteiger partial charge in [-0.25, -0.2) is 9.18 Å². The van der Waals surface area contributed by atoms with Gasteiger partial charge in [-0.1, -0.05) is 12.1 Å². The number of carbonyl (C=O) groups excluding carboxylic acids is 3. The third-order valence-corrected chi connectivity index (χ3v) is 5.22. The Bertz CT molecular complexity index is 992. The molecule has 1 fully saturated rings. The topological polar surface area (TPSA) is 99.8 Å². The van der Waals surface area contributed by atoms with Crippen molar-refractivity contribution in [2.45, 2.75) is 32.7 Å². The maximum atomic E-state index is 13.4. The highest BCUT2D eigenvalue weighted by atomic mass is 19.1. The summed E-state index contributed by atoms with van der Waals surface area (Å²) in [5.41, 5.74) is 2.35. The zero-order valence-corrected chi connectivity index (χ0v) is 18.7. The lowest BCUT2D eigenvalue weighted by Gasteiger charge is -2.22. The summed E-state index contributed by atoms with van der Waals surface area (Å²) in [6.45, 7) is 4.06. The Morgan fingerprint density at radius 2 is 1.85 bits per heavy atom. The number of anilines is 2. The van der Waals surface area contributed by atoms with Gasteiger partial charge in [0.1, 0.15) is 5.82 Å². The molecular weight excluding hydrogens is 427 g/mol. The van der Waals surface area contributed by atoms with Gasteiger partial charge in [-0.3, -0.25) is 9.59 Å². The van der Waals surface area contributed by atoms with Gasteiger partial charge in [-0.15, -0.1) is 0 Å². The molecule has 0 atom stereocenters. The number of amides is 3. The van der Waals surface area contributed by atoms with Crippen LogP contribution < -0.4 is 20.9 Å². The Morgan fingerprint density at radius 3 is 2.58 bits per heavy atom. The van der Waals surface area contributed by atoms with Gasteiger partial charge in [0, 0.05) is 31.7 Å². The molecule has 0 bridgehead atoms. The number of carbonyl (C=O) groups is 3. The van der Waals surface area contributed by atoms with Gasteiger partial charge in [0.05, 0.1) is 24.4 Å². The first-order valence-electron chi connectivity index (χ1n) is 11.1. The number of nitrogens with zero attached hydrogens (tertiary/aromatic N) is 1. The van der Waals surface area contributed by atoms with E-state index in [1.807, 2.05) is 6.07 Å². The Morgan fingerprint density at radius 1 is 1.06 bits per heavy atom. The molecule has 1 aliphatic rings. The van der Waals surface area contributed by atoms with Crippen LogP contribution in [-0.4, -0.2) is 44.1 Å². The highest BCUT2D eigenvalue weighted by Gasteiger charge is 2.19. The molecule has 1 aliphatic heterocycles. The van der Waals surface area contributed by atoms with Gasteiger partial charge in [-0.2, -0.15) is 0 Å². The second-order valence-corrected chi connectivity index (χ2v) is 7.67.